The summed E-state index contributed by atoms with van der Waals surface area (Å²) in [6.45, 7) is -0.764. The van der Waals surface area contributed by atoms with Gasteiger partial charge in [-0.05, 0) is 299 Å². The summed E-state index contributed by atoms with van der Waals surface area (Å²) >= 11 is 0. The molecule has 0 aliphatic heterocycles. The lowest BCUT2D eigenvalue weighted by Gasteiger charge is -2.59. The van der Waals surface area contributed by atoms with Crippen molar-refractivity contribution in [2.24, 2.45) is 104 Å². The molecule has 26 rings (SSSR count). The van der Waals surface area contributed by atoms with Gasteiger partial charge in [0.05, 0.1) is 60.1 Å². The number of ketones is 2. The van der Waals surface area contributed by atoms with Crippen molar-refractivity contribution in [1.29, 1.82) is 0 Å². The number of benzene rings is 6. The van der Waals surface area contributed by atoms with E-state index in [4.69, 9.17) is 33.2 Å². The van der Waals surface area contributed by atoms with Gasteiger partial charge in [0, 0.05) is 37.5 Å². The normalized spacial score (nSPS) is 35.1. The van der Waals surface area contributed by atoms with Gasteiger partial charge in [0.25, 0.3) is 0 Å². The predicted octanol–water partition coefficient (Wildman–Crippen LogP) is 18.0. The van der Waals surface area contributed by atoms with Crippen molar-refractivity contribution < 1.29 is 104 Å². The Morgan fingerprint density at radius 3 is 0.898 bits per heavy atom. The summed E-state index contributed by atoms with van der Waals surface area (Å²) in [6.07, 6.45) is 14.0. The van der Waals surface area contributed by atoms with Crippen LogP contribution in [0.2, 0.25) is 0 Å². The van der Waals surface area contributed by atoms with Gasteiger partial charge < -0.3 is 43.4 Å². The maximum atomic E-state index is 14.1. The number of hydrogen-bond donors (Lipinski definition) is 2. The number of aliphatic hydroxyl groups is 2. The molecule has 2 N–H and O–H groups in total. The van der Waals surface area contributed by atoms with E-state index in [0.717, 1.165) is 38.5 Å². The highest BCUT2D eigenvalue weighted by atomic mass is 32.2. The van der Waals surface area contributed by atoms with Crippen molar-refractivity contribution in [3.63, 3.8) is 0 Å². The Hall–Kier alpha value is -8.71. The summed E-state index contributed by atoms with van der Waals surface area (Å²) < 4.78 is 93.7. The van der Waals surface area contributed by atoms with Crippen LogP contribution in [0.1, 0.15) is 187 Å². The zero-order valence-corrected chi connectivity index (χ0v) is 73.9. The molecule has 20 bridgehead atoms. The molecule has 20 aliphatic rings. The Balaban J connectivity index is 0.000000125. The monoisotopic (exact) mass is 1780 g/mol. The Labute approximate surface area is 745 Å². The van der Waals surface area contributed by atoms with Crippen LogP contribution in [-0.4, -0.2) is 131 Å². The Bertz CT molecular complexity index is 4670. The number of ether oxygens (including phenoxy) is 7. The Morgan fingerprint density at radius 2 is 0.591 bits per heavy atom. The molecule has 0 aromatic heterocycles. The molecular formula is C103H116F4O18S2+2. The van der Waals surface area contributed by atoms with E-state index in [9.17, 15) is 70.9 Å². The lowest BCUT2D eigenvalue weighted by Crippen LogP contribution is -2.59. The molecule has 0 amide bonds. The summed E-state index contributed by atoms with van der Waals surface area (Å²) in [5.41, 5.74) is -5.76. The van der Waals surface area contributed by atoms with Crippen molar-refractivity contribution >= 4 is 75.1 Å². The Kier molecular flexibility index (Phi) is 24.6. The fourth-order valence-corrected chi connectivity index (χ4v) is 32.0. The molecule has 24 heteroatoms. The second kappa shape index (κ2) is 35.2. The highest BCUT2D eigenvalue weighted by molar-refractivity contribution is 7.97. The summed E-state index contributed by atoms with van der Waals surface area (Å²) in [5.74, 6) is -11.7. The first-order valence-electron chi connectivity index (χ1n) is 46.1. The SMILES string of the molecule is CC(F)(F)C(=O)OC1C2CC3CC1CC(C(=O)OCC(COC(=O)C14CC5CC(CC(O)(C5)C1)C4)OC(=O)C14CC5CC(CC(O)(C5)C1)C4)(C3)C2.CC(F)(F)C(=O)OCC(COC(=O)C12CC3CC(C1)C(=O)C(C3)C2)OC(=O)C12CC3CC(C1)C(=O)C(C3)C2.c1ccc([S+](c2ccccc2)c2ccccc2)cc1.c1ccc([S+](c2ccccc2)c2ccccc2)cc1. The number of Topliss-reactive ketones (excluding diaryl/α,β-unsaturated/α-hetero) is 2. The van der Waals surface area contributed by atoms with Gasteiger partial charge in [0.1, 0.15) is 44.1 Å². The molecule has 6 aromatic rings. The van der Waals surface area contributed by atoms with Crippen LogP contribution in [0.5, 0.6) is 0 Å². The van der Waals surface area contributed by atoms with Gasteiger partial charge in [0.15, 0.2) is 41.6 Å². The van der Waals surface area contributed by atoms with Crippen molar-refractivity contribution in [2.45, 2.75) is 258 Å². The van der Waals surface area contributed by atoms with Crippen LogP contribution in [-0.2, 0) is 98.1 Å². The first-order valence-corrected chi connectivity index (χ1v) is 48.6. The molecule has 0 heterocycles. The van der Waals surface area contributed by atoms with Gasteiger partial charge >= 0.3 is 53.6 Å². The minimum Gasteiger partial charge on any atom is -0.461 e. The van der Waals surface area contributed by atoms with Crippen molar-refractivity contribution in [3.8, 4) is 0 Å². The summed E-state index contributed by atoms with van der Waals surface area (Å²) in [5, 5.41) is 22.5. The van der Waals surface area contributed by atoms with Crippen LogP contribution in [0.4, 0.5) is 17.6 Å². The van der Waals surface area contributed by atoms with Crippen LogP contribution >= 0.6 is 0 Å². The largest absolute Gasteiger partial charge is 0.461 e. The maximum Gasteiger partial charge on any atom is 0.376 e. The number of carbonyl (C=O) groups is 9. The molecule has 18 nitrogen and oxygen atoms in total. The summed E-state index contributed by atoms with van der Waals surface area (Å²) in [4.78, 5) is 126. The first kappa shape index (κ1) is 88.9. The zero-order valence-electron chi connectivity index (χ0n) is 72.2. The number of alkyl halides is 4. The third-order valence-corrected chi connectivity index (χ3v) is 35.8. The molecule has 20 fully saturated rings. The number of halogens is 4. The average molecular weight is 1780 g/mol. The van der Waals surface area contributed by atoms with Crippen molar-refractivity contribution in [2.75, 3.05) is 26.4 Å². The van der Waals surface area contributed by atoms with Crippen LogP contribution in [0.15, 0.2) is 211 Å². The third kappa shape index (κ3) is 18.5. The quantitative estimate of drug-likeness (QED) is 0.0247. The molecule has 0 saturated heterocycles. The second-order valence-electron chi connectivity index (χ2n) is 41.3. The minimum absolute atomic E-state index is 0.0146. The number of carbonyl (C=O) groups excluding carboxylic acids is 9. The molecule has 674 valence electrons. The van der Waals surface area contributed by atoms with Gasteiger partial charge in [-0.15, -0.1) is 0 Å². The molecule has 12 atom stereocenters. The van der Waals surface area contributed by atoms with Gasteiger partial charge in [-0.2, -0.15) is 17.6 Å². The van der Waals surface area contributed by atoms with Crippen LogP contribution in [0.25, 0.3) is 0 Å². The summed E-state index contributed by atoms with van der Waals surface area (Å²) in [6, 6.07) is 64.3. The van der Waals surface area contributed by atoms with E-state index in [-0.39, 0.29) is 118 Å². The molecule has 0 spiro atoms. The van der Waals surface area contributed by atoms with Crippen LogP contribution < -0.4 is 0 Å². The molecular weight excluding hydrogens is 1670 g/mol. The highest BCUT2D eigenvalue weighted by Crippen LogP contribution is 2.66. The fraction of sp³-hybridized carbons (Fsp3) is 0.563. The smallest absolute Gasteiger partial charge is 0.376 e. The fourth-order valence-electron chi connectivity index (χ4n) is 27.7. The Morgan fingerprint density at radius 1 is 0.331 bits per heavy atom. The first-order chi connectivity index (χ1) is 60.7. The average Bonchev–Trinajstić information content (AvgIpc) is 0.740. The van der Waals surface area contributed by atoms with E-state index in [1.165, 1.54) is 29.4 Å². The van der Waals surface area contributed by atoms with Gasteiger partial charge in [-0.25, -0.2) is 9.59 Å². The zero-order chi connectivity index (χ0) is 88.6. The van der Waals surface area contributed by atoms with E-state index in [1.54, 1.807) is 0 Å². The maximum absolute atomic E-state index is 14.1. The van der Waals surface area contributed by atoms with E-state index in [2.05, 4.69) is 182 Å². The number of hydrogen-bond acceptors (Lipinski definition) is 18. The number of rotatable bonds is 24. The lowest BCUT2D eigenvalue weighted by atomic mass is 9.48. The minimum atomic E-state index is -3.72. The molecule has 20 saturated carbocycles. The van der Waals surface area contributed by atoms with Gasteiger partial charge in [0.2, 0.25) is 0 Å². The van der Waals surface area contributed by atoms with Crippen molar-refractivity contribution in [3.05, 3.63) is 182 Å². The van der Waals surface area contributed by atoms with E-state index in [0.29, 0.717) is 155 Å². The predicted molar refractivity (Wildman–Crippen MR) is 460 cm³/mol. The third-order valence-electron chi connectivity index (χ3n) is 31.4. The van der Waals surface area contributed by atoms with Crippen LogP contribution in [0, 0.1) is 104 Å². The van der Waals surface area contributed by atoms with E-state index in [1.807, 2.05) is 0 Å². The van der Waals surface area contributed by atoms with E-state index >= 15 is 0 Å². The molecule has 127 heavy (non-hydrogen) atoms. The summed E-state index contributed by atoms with van der Waals surface area (Å²) in [7, 11) is -0.0293. The molecule has 6 aromatic carbocycles. The second-order valence-corrected chi connectivity index (χ2v) is 45.4. The van der Waals surface area contributed by atoms with Crippen molar-refractivity contribution in [1.82, 2.24) is 0 Å². The standard InChI is InChI=1S/C39H52F2O10.C28H34F2O8.2C18H15S/c1-34(40,41)30(42)51-29-26-4-21-5-27(29)16-35(6-21,15-26)31(43)48-17-28(50-33(45)37-9-24-3-25(10-37)14-39(47,13-24)20-37)18-49-32(44)36-7-22-2-23(8-36)12-38(46,11-22)19-36;1-26(29,30)23(33)36-12-20(38-25(35)28-7-15-4-18(10-28)22(32)19(5-15)11-28)13-37-24(34)27-6-14-2-16(8-27)21(31)17(3-14)9-27;2*1-4-10-16(11-5-1)19(17-12-6-2-7-13-17)18-14-8-3-9-15-18/h21-29,46-47H,2-20H2,1H3;14-20H,2-13H2,1H3;2*1-15H/q;;2*+1. The van der Waals surface area contributed by atoms with Gasteiger partial charge in [-0.1, -0.05) is 109 Å². The highest BCUT2D eigenvalue weighted by Gasteiger charge is 2.66. The topological polar surface area (TPSA) is 259 Å². The number of esters is 7. The molecule has 20 aliphatic carbocycles. The molecule has 12 unspecified atom stereocenters. The lowest BCUT2D eigenvalue weighted by molar-refractivity contribution is -0.214. The van der Waals surface area contributed by atoms with Gasteiger partial charge in [-0.3, -0.25) is 33.6 Å². The van der Waals surface area contributed by atoms with E-state index < -0.39 is 123 Å². The van der Waals surface area contributed by atoms with Crippen LogP contribution in [0.3, 0.4) is 0 Å². The molecule has 0 radical (unpaired) electrons.